The third-order valence-electron chi connectivity index (χ3n) is 5.85. The normalized spacial score (nSPS) is 38.6. The average molecular weight is 528 g/mol. The number of carbonyl (C=O) groups is 3. The molecule has 0 bridgehead atoms. The number of amides is 2. The van der Waals surface area contributed by atoms with Crippen LogP contribution in [0.3, 0.4) is 0 Å². The molecule has 17 heteroatoms. The first-order chi connectivity index (χ1) is 16.8. The number of aliphatic carboxylic acids is 1. The van der Waals surface area contributed by atoms with Crippen molar-refractivity contribution < 1.29 is 74.6 Å². The Morgan fingerprint density at radius 3 is 2.22 bits per heavy atom. The summed E-state index contributed by atoms with van der Waals surface area (Å²) in [6.45, 7) is -1.76. The van der Waals surface area contributed by atoms with Crippen LogP contribution in [0.4, 0.5) is 0 Å². The highest BCUT2D eigenvalue weighted by Crippen LogP contribution is 2.33. The number of hydrogen-bond donors (Lipinski definition) is 11. The number of carbonyl (C=O) groups excluding carboxylic acids is 2. The van der Waals surface area contributed by atoms with Crippen molar-refractivity contribution in [1.82, 2.24) is 10.6 Å². The first kappa shape index (κ1) is 30.2. The van der Waals surface area contributed by atoms with Crippen molar-refractivity contribution in [3.8, 4) is 0 Å². The quantitative estimate of drug-likeness (QED) is 0.126. The summed E-state index contributed by atoms with van der Waals surface area (Å²) in [4.78, 5) is 36.0. The molecule has 0 saturated carbocycles. The minimum Gasteiger partial charge on any atom is -0.477 e. The fourth-order valence-corrected chi connectivity index (χ4v) is 3.94. The van der Waals surface area contributed by atoms with Crippen LogP contribution in [0.2, 0.25) is 0 Å². The molecule has 11 N–H and O–H groups in total. The zero-order valence-corrected chi connectivity index (χ0v) is 19.1. The van der Waals surface area contributed by atoms with Gasteiger partial charge >= 0.3 is 5.97 Å². The molecule has 2 saturated heterocycles. The number of rotatable bonds is 10. The Kier molecular flexibility index (Phi) is 10.5. The zero-order chi connectivity index (χ0) is 27.4. The van der Waals surface area contributed by atoms with Crippen molar-refractivity contribution in [2.75, 3.05) is 19.8 Å². The van der Waals surface area contributed by atoms with Crippen molar-refractivity contribution in [2.24, 2.45) is 0 Å². The van der Waals surface area contributed by atoms with E-state index in [1.807, 2.05) is 0 Å². The molecule has 11 atom stereocenters. The van der Waals surface area contributed by atoms with Gasteiger partial charge in [-0.25, -0.2) is 4.79 Å². The van der Waals surface area contributed by atoms with Crippen LogP contribution in [0, 0.1) is 0 Å². The summed E-state index contributed by atoms with van der Waals surface area (Å²) in [5.74, 6) is -6.46. The second-order valence-electron chi connectivity index (χ2n) is 8.49. The van der Waals surface area contributed by atoms with Crippen molar-refractivity contribution in [1.29, 1.82) is 0 Å². The Balaban J connectivity index is 2.18. The number of nitrogens with one attached hydrogen (secondary N) is 2. The summed E-state index contributed by atoms with van der Waals surface area (Å²) < 4.78 is 15.4. The monoisotopic (exact) mass is 528 g/mol. The number of hydrogen-bond acceptors (Lipinski definition) is 14. The van der Waals surface area contributed by atoms with Gasteiger partial charge in [-0.15, -0.1) is 0 Å². The molecule has 0 aromatic heterocycles. The summed E-state index contributed by atoms with van der Waals surface area (Å²) in [7, 11) is 0. The topological polar surface area (TPSA) is 285 Å². The van der Waals surface area contributed by atoms with E-state index in [0.717, 1.165) is 6.92 Å². The largest absolute Gasteiger partial charge is 0.477 e. The van der Waals surface area contributed by atoms with E-state index in [1.54, 1.807) is 0 Å². The fourth-order valence-electron chi connectivity index (χ4n) is 3.94. The van der Waals surface area contributed by atoms with Gasteiger partial charge < -0.3 is 70.8 Å². The van der Waals surface area contributed by atoms with Gasteiger partial charge in [-0.2, -0.15) is 0 Å². The first-order valence-corrected chi connectivity index (χ1v) is 10.8. The Morgan fingerprint density at radius 1 is 1.06 bits per heavy atom. The molecule has 2 heterocycles. The molecule has 0 spiro atoms. The molecular weight excluding hydrogens is 496 g/mol. The van der Waals surface area contributed by atoms with Gasteiger partial charge in [0.25, 0.3) is 5.79 Å². The van der Waals surface area contributed by atoms with E-state index in [-0.39, 0.29) is 0 Å². The molecule has 2 rings (SSSR count). The van der Waals surface area contributed by atoms with Crippen LogP contribution in [0.1, 0.15) is 13.3 Å². The maximum Gasteiger partial charge on any atom is 0.364 e. The Morgan fingerprint density at radius 2 is 1.69 bits per heavy atom. The van der Waals surface area contributed by atoms with Crippen molar-refractivity contribution in [3.63, 3.8) is 0 Å². The van der Waals surface area contributed by atoms with E-state index in [2.05, 4.69) is 10.6 Å². The predicted molar refractivity (Wildman–Crippen MR) is 110 cm³/mol. The molecule has 1 unspecified atom stereocenters. The minimum atomic E-state index is -2.78. The summed E-state index contributed by atoms with van der Waals surface area (Å²) in [6.07, 6.45) is -14.9. The molecule has 208 valence electrons. The van der Waals surface area contributed by atoms with Crippen molar-refractivity contribution in [3.05, 3.63) is 0 Å². The van der Waals surface area contributed by atoms with Gasteiger partial charge in [-0.05, 0) is 0 Å². The lowest BCUT2D eigenvalue weighted by Gasteiger charge is -2.46. The smallest absolute Gasteiger partial charge is 0.364 e. The van der Waals surface area contributed by atoms with Crippen LogP contribution >= 0.6 is 0 Å². The van der Waals surface area contributed by atoms with Gasteiger partial charge in [-0.1, -0.05) is 0 Å². The Labute approximate surface area is 203 Å². The molecule has 0 aromatic rings. The highest BCUT2D eigenvalue weighted by atomic mass is 16.7. The maximum absolute atomic E-state index is 12.4. The number of carboxylic acid groups (broad SMARTS) is 1. The minimum absolute atomic E-state index is 0.695. The van der Waals surface area contributed by atoms with Crippen molar-refractivity contribution >= 4 is 17.8 Å². The van der Waals surface area contributed by atoms with Crippen LogP contribution in [0.5, 0.6) is 0 Å². The Bertz CT molecular complexity index is 786. The van der Waals surface area contributed by atoms with Gasteiger partial charge in [0.1, 0.15) is 49.3 Å². The van der Waals surface area contributed by atoms with Gasteiger partial charge in [0.05, 0.1) is 25.4 Å². The van der Waals surface area contributed by atoms with Crippen LogP contribution in [0.15, 0.2) is 0 Å². The molecule has 0 aromatic carbocycles. The summed E-state index contributed by atoms with van der Waals surface area (Å²) >= 11 is 0. The van der Waals surface area contributed by atoms with E-state index in [0.29, 0.717) is 0 Å². The fraction of sp³-hybridized carbons (Fsp3) is 0.842. The molecular formula is C19H32N2O15. The van der Waals surface area contributed by atoms with Crippen molar-refractivity contribution in [2.45, 2.75) is 80.2 Å². The van der Waals surface area contributed by atoms with Crippen LogP contribution < -0.4 is 10.6 Å². The number of aliphatic hydroxyl groups is 8. The number of carboxylic acids is 1. The second kappa shape index (κ2) is 12.5. The molecule has 0 aliphatic carbocycles. The highest BCUT2D eigenvalue weighted by Gasteiger charge is 2.56. The van der Waals surface area contributed by atoms with Crippen LogP contribution in [0.25, 0.3) is 0 Å². The first-order valence-electron chi connectivity index (χ1n) is 10.8. The van der Waals surface area contributed by atoms with E-state index in [4.69, 9.17) is 24.4 Å². The standard InChI is InChI=1S/C19H32N2O15/c1-6(24)20-11-7(25)2-19(18(32)33,36-16(11)13(28)8(26)3-22)34-5-10(27)21-12-15(30)14(29)9(4-23)35-17(12)31/h7-9,11-17,22-23,25-26,28-31H,2-5H2,1H3,(H,20,24)(H,21,27)(H,32,33)/t7-,8+,9+,11+,12-,13+,14+,15+,16+,17?,19+/m0/s1. The van der Waals surface area contributed by atoms with E-state index in [9.17, 15) is 50.1 Å². The third-order valence-corrected chi connectivity index (χ3v) is 5.85. The lowest BCUT2D eigenvalue weighted by atomic mass is 9.88. The van der Waals surface area contributed by atoms with E-state index in [1.165, 1.54) is 0 Å². The van der Waals surface area contributed by atoms with Crippen LogP contribution in [-0.2, 0) is 28.6 Å². The third kappa shape index (κ3) is 6.64. The van der Waals surface area contributed by atoms with E-state index >= 15 is 0 Å². The summed E-state index contributed by atoms with van der Waals surface area (Å²) in [5, 5.41) is 93.0. The molecule has 17 nitrogen and oxygen atoms in total. The van der Waals surface area contributed by atoms with E-state index < -0.39 is 111 Å². The SMILES string of the molecule is CC(=O)N[C@H]1[C@H]([C@H](O)[C@H](O)CO)O[C@@](OCC(=O)N[C@@H]2C(O)O[C@H](CO)[C@@H](O)[C@@H]2O)(C(=O)O)C[C@@H]1O. The van der Waals surface area contributed by atoms with Gasteiger partial charge in [0, 0.05) is 13.3 Å². The van der Waals surface area contributed by atoms with Crippen LogP contribution in [-0.4, -0.2) is 150 Å². The molecule has 2 fully saturated rings. The lowest BCUT2D eigenvalue weighted by Crippen LogP contribution is -2.68. The number of aliphatic hydroxyl groups excluding tert-OH is 8. The summed E-state index contributed by atoms with van der Waals surface area (Å²) in [5.41, 5.74) is 0. The summed E-state index contributed by atoms with van der Waals surface area (Å²) in [6, 6.07) is -3.04. The second-order valence-corrected chi connectivity index (χ2v) is 8.49. The number of ether oxygens (including phenoxy) is 3. The molecule has 0 radical (unpaired) electrons. The zero-order valence-electron chi connectivity index (χ0n) is 19.1. The Hall–Kier alpha value is -2.03. The van der Waals surface area contributed by atoms with Gasteiger partial charge in [-0.3, -0.25) is 9.59 Å². The molecule has 36 heavy (non-hydrogen) atoms. The average Bonchev–Trinajstić information content (AvgIpc) is 2.82. The van der Waals surface area contributed by atoms with Gasteiger partial charge in [0.15, 0.2) is 6.29 Å². The molecule has 2 aliphatic rings. The highest BCUT2D eigenvalue weighted by molar-refractivity contribution is 5.80. The predicted octanol–water partition coefficient (Wildman–Crippen LogP) is -6.93. The molecule has 2 amide bonds. The maximum atomic E-state index is 12.4. The lowest BCUT2D eigenvalue weighted by molar-refractivity contribution is -0.309. The molecule has 2 aliphatic heterocycles. The van der Waals surface area contributed by atoms with Gasteiger partial charge in [0.2, 0.25) is 11.8 Å².